The SMILES string of the molecule is CC1(C)c2ccccc2-c2ccc(N(c3ccccc3)c3ccc(-c4ccc5c(c4)c4c(-c6cc7ccccc7c7ccccc67)cc6ccccc6c4n5-c4ccccc4)cc3)cc21. The lowest BCUT2D eigenvalue weighted by atomic mass is 9.82. The van der Waals surface area contributed by atoms with Gasteiger partial charge in [-0.3, -0.25) is 0 Å². The molecule has 1 aromatic heterocycles. The summed E-state index contributed by atoms with van der Waals surface area (Å²) < 4.78 is 2.49. The molecule has 13 rings (SSSR count). The molecule has 2 heteroatoms. The van der Waals surface area contributed by atoms with Crippen LogP contribution in [-0.4, -0.2) is 4.57 Å². The highest BCUT2D eigenvalue weighted by Crippen LogP contribution is 2.51. The summed E-state index contributed by atoms with van der Waals surface area (Å²) in [6, 6.07) is 85.2. The number of nitrogens with zero attached hydrogens (tertiary/aromatic N) is 2. The van der Waals surface area contributed by atoms with Crippen molar-refractivity contribution >= 4 is 71.2 Å². The minimum Gasteiger partial charge on any atom is -0.310 e. The van der Waals surface area contributed by atoms with Crippen molar-refractivity contribution in [3.63, 3.8) is 0 Å². The van der Waals surface area contributed by atoms with Gasteiger partial charge in [-0.15, -0.1) is 0 Å². The molecule has 12 aromatic rings. The van der Waals surface area contributed by atoms with E-state index < -0.39 is 0 Å². The molecule has 0 aliphatic heterocycles. The van der Waals surface area contributed by atoms with Crippen molar-refractivity contribution in [2.45, 2.75) is 19.3 Å². The van der Waals surface area contributed by atoms with Gasteiger partial charge in [-0.2, -0.15) is 0 Å². The van der Waals surface area contributed by atoms with Crippen LogP contribution in [0.2, 0.25) is 0 Å². The Hall–Kier alpha value is -8.20. The summed E-state index contributed by atoms with van der Waals surface area (Å²) in [5.41, 5.74) is 17.1. The number of fused-ring (bicyclic) bond motifs is 11. The number of rotatable bonds is 6. The van der Waals surface area contributed by atoms with Crippen LogP contribution in [0.1, 0.15) is 25.0 Å². The second-order valence-electron chi connectivity index (χ2n) is 18.1. The number of benzene rings is 11. The van der Waals surface area contributed by atoms with Crippen molar-refractivity contribution in [1.82, 2.24) is 4.57 Å². The number of hydrogen-bond acceptors (Lipinski definition) is 1. The number of aromatic nitrogens is 1. The molecule has 2 nitrogen and oxygen atoms in total. The molecular formula is C63H44N2. The molecular weight excluding hydrogens is 785 g/mol. The summed E-state index contributed by atoms with van der Waals surface area (Å²) in [6.07, 6.45) is 0. The highest BCUT2D eigenvalue weighted by molar-refractivity contribution is 6.27. The fourth-order valence-corrected chi connectivity index (χ4v) is 11.1. The Morgan fingerprint density at radius 1 is 0.354 bits per heavy atom. The van der Waals surface area contributed by atoms with E-state index in [0.717, 1.165) is 22.7 Å². The van der Waals surface area contributed by atoms with Crippen LogP contribution in [0.15, 0.2) is 231 Å². The van der Waals surface area contributed by atoms with Gasteiger partial charge in [0.2, 0.25) is 0 Å². The van der Waals surface area contributed by atoms with Crippen LogP contribution < -0.4 is 4.90 Å². The van der Waals surface area contributed by atoms with Crippen LogP contribution in [0.5, 0.6) is 0 Å². The predicted molar refractivity (Wildman–Crippen MR) is 276 cm³/mol. The molecule has 0 bridgehead atoms. The fourth-order valence-electron chi connectivity index (χ4n) is 11.1. The smallest absolute Gasteiger partial charge is 0.0625 e. The van der Waals surface area contributed by atoms with Crippen molar-refractivity contribution < 1.29 is 0 Å². The van der Waals surface area contributed by atoms with E-state index in [1.807, 2.05) is 0 Å². The topological polar surface area (TPSA) is 8.17 Å². The average Bonchev–Trinajstić information content (AvgIpc) is 3.83. The van der Waals surface area contributed by atoms with Crippen molar-refractivity contribution in [2.75, 3.05) is 4.90 Å². The molecule has 0 radical (unpaired) electrons. The van der Waals surface area contributed by atoms with Crippen LogP contribution >= 0.6 is 0 Å². The normalized spacial score (nSPS) is 12.9. The largest absolute Gasteiger partial charge is 0.310 e. The predicted octanol–water partition coefficient (Wildman–Crippen LogP) is 17.4. The third-order valence-corrected chi connectivity index (χ3v) is 14.1. The van der Waals surface area contributed by atoms with Gasteiger partial charge < -0.3 is 9.47 Å². The maximum atomic E-state index is 2.49. The lowest BCUT2D eigenvalue weighted by molar-refractivity contribution is 0.660. The van der Waals surface area contributed by atoms with E-state index in [1.54, 1.807) is 0 Å². The van der Waals surface area contributed by atoms with Gasteiger partial charge in [0.25, 0.3) is 0 Å². The van der Waals surface area contributed by atoms with E-state index in [2.05, 4.69) is 254 Å². The summed E-state index contributed by atoms with van der Waals surface area (Å²) in [5.74, 6) is 0. The monoisotopic (exact) mass is 828 g/mol. The number of para-hydroxylation sites is 2. The van der Waals surface area contributed by atoms with Crippen LogP contribution in [0, 0.1) is 0 Å². The summed E-state index contributed by atoms with van der Waals surface area (Å²) in [6.45, 7) is 4.71. The second kappa shape index (κ2) is 14.4. The molecule has 0 unspecified atom stereocenters. The van der Waals surface area contributed by atoms with E-state index >= 15 is 0 Å². The standard InChI is InChI=1S/C63H44N2/c1-63(2)58-28-16-15-27-53(58)54-35-34-48(40-59(54)63)64(45-19-5-3-6-20-45)47-32-29-41(30-33-47)42-31-36-60-57(37-42)61-56(55-38-43-17-9-11-23-49(43)51-25-13-14-26-52(51)55)39-44-18-10-12-24-50(44)62(61)65(60)46-21-7-4-8-22-46/h3-40H,1-2H3. The Kier molecular flexibility index (Phi) is 8.29. The zero-order valence-electron chi connectivity index (χ0n) is 36.3. The number of hydrogen-bond donors (Lipinski definition) is 0. The Bertz CT molecular complexity index is 3840. The molecule has 0 fully saturated rings. The van der Waals surface area contributed by atoms with Gasteiger partial charge in [0.15, 0.2) is 0 Å². The van der Waals surface area contributed by atoms with Gasteiger partial charge in [-0.1, -0.05) is 172 Å². The minimum atomic E-state index is -0.0933. The lowest BCUT2D eigenvalue weighted by Gasteiger charge is -2.28. The number of anilines is 3. The maximum absolute atomic E-state index is 2.49. The molecule has 0 spiro atoms. The third kappa shape index (κ3) is 5.74. The van der Waals surface area contributed by atoms with Crippen molar-refractivity contribution in [3.05, 3.63) is 242 Å². The van der Waals surface area contributed by atoms with Crippen LogP contribution in [0.25, 0.3) is 93.2 Å². The van der Waals surface area contributed by atoms with Gasteiger partial charge in [0.1, 0.15) is 0 Å². The second-order valence-corrected chi connectivity index (χ2v) is 18.1. The molecule has 65 heavy (non-hydrogen) atoms. The van der Waals surface area contributed by atoms with Crippen molar-refractivity contribution in [3.8, 4) is 39.1 Å². The first-order valence-electron chi connectivity index (χ1n) is 22.7. The van der Waals surface area contributed by atoms with Crippen LogP contribution in [0.3, 0.4) is 0 Å². The van der Waals surface area contributed by atoms with E-state index in [9.17, 15) is 0 Å². The molecule has 1 aliphatic carbocycles. The Labute approximate surface area is 378 Å². The molecule has 11 aromatic carbocycles. The fraction of sp³-hybridized carbons (Fsp3) is 0.0476. The molecule has 306 valence electrons. The molecule has 0 saturated heterocycles. The van der Waals surface area contributed by atoms with Gasteiger partial charge in [-0.05, 0) is 144 Å². The van der Waals surface area contributed by atoms with Gasteiger partial charge >= 0.3 is 0 Å². The molecule has 0 saturated carbocycles. The van der Waals surface area contributed by atoms with Gasteiger partial charge in [0, 0.05) is 44.3 Å². The molecule has 0 atom stereocenters. The first kappa shape index (κ1) is 37.4. The van der Waals surface area contributed by atoms with Crippen LogP contribution in [0.4, 0.5) is 17.1 Å². The zero-order valence-corrected chi connectivity index (χ0v) is 36.3. The first-order valence-corrected chi connectivity index (χ1v) is 22.7. The quantitative estimate of drug-likeness (QED) is 0.152. The average molecular weight is 829 g/mol. The van der Waals surface area contributed by atoms with E-state index in [4.69, 9.17) is 0 Å². The van der Waals surface area contributed by atoms with E-state index in [1.165, 1.54) is 98.6 Å². The molecule has 1 aliphatic rings. The summed E-state index contributed by atoms with van der Waals surface area (Å²) in [5, 5.41) is 10.0. The summed E-state index contributed by atoms with van der Waals surface area (Å²) in [7, 11) is 0. The zero-order chi connectivity index (χ0) is 43.2. The van der Waals surface area contributed by atoms with Crippen LogP contribution in [-0.2, 0) is 5.41 Å². The van der Waals surface area contributed by atoms with Crippen molar-refractivity contribution in [1.29, 1.82) is 0 Å². The van der Waals surface area contributed by atoms with Gasteiger partial charge in [0.05, 0.1) is 11.0 Å². The lowest BCUT2D eigenvalue weighted by Crippen LogP contribution is -2.16. The first-order chi connectivity index (χ1) is 32.0. The van der Waals surface area contributed by atoms with E-state index in [0.29, 0.717) is 0 Å². The molecule has 1 heterocycles. The summed E-state index contributed by atoms with van der Waals surface area (Å²) >= 11 is 0. The third-order valence-electron chi connectivity index (χ3n) is 14.1. The Balaban J connectivity index is 1.01. The molecule has 0 amide bonds. The molecule has 0 N–H and O–H groups in total. The minimum absolute atomic E-state index is 0.0933. The Morgan fingerprint density at radius 2 is 0.923 bits per heavy atom. The van der Waals surface area contributed by atoms with Crippen molar-refractivity contribution in [2.24, 2.45) is 0 Å². The van der Waals surface area contributed by atoms with Gasteiger partial charge in [-0.25, -0.2) is 0 Å². The summed E-state index contributed by atoms with van der Waals surface area (Å²) in [4.78, 5) is 2.39. The van der Waals surface area contributed by atoms with E-state index in [-0.39, 0.29) is 5.41 Å². The highest BCUT2D eigenvalue weighted by Gasteiger charge is 2.35. The maximum Gasteiger partial charge on any atom is 0.0625 e. The highest BCUT2D eigenvalue weighted by atomic mass is 15.1. The Morgan fingerprint density at radius 3 is 1.71 bits per heavy atom.